The molecule has 0 atom stereocenters. The maximum Gasteiger partial charge on any atom is 0.233 e. The summed E-state index contributed by atoms with van der Waals surface area (Å²) in [7, 11) is 1.84. The number of carbonyl (C=O) groups excluding carboxylic acids is 1. The molecule has 0 unspecified atom stereocenters. The van der Waals surface area contributed by atoms with Gasteiger partial charge in [0.2, 0.25) is 5.91 Å². The van der Waals surface area contributed by atoms with Crippen molar-refractivity contribution in [1.82, 2.24) is 19.7 Å². The van der Waals surface area contributed by atoms with Crippen molar-refractivity contribution in [3.8, 4) is 5.69 Å². The van der Waals surface area contributed by atoms with Gasteiger partial charge in [-0.25, -0.2) is 0 Å². The Morgan fingerprint density at radius 1 is 1.14 bits per heavy atom. The maximum atomic E-state index is 12.6. The van der Waals surface area contributed by atoms with E-state index in [1.807, 2.05) is 49.5 Å². The standard InChI is InChI=1S/C21H21BrN4OS/c1-25(13-15-7-11-17(22)12-8-15)19(27)14-28-21-24-23-20(16-9-10-16)26(21)18-5-3-2-4-6-18/h2-8,11-12,16H,9-10,13-14H2,1H3. The fourth-order valence-corrected chi connectivity index (χ4v) is 4.15. The number of carbonyl (C=O) groups is 1. The van der Waals surface area contributed by atoms with Gasteiger partial charge in [-0.3, -0.25) is 9.36 Å². The minimum atomic E-state index is 0.0727. The van der Waals surface area contributed by atoms with E-state index in [4.69, 9.17) is 0 Å². The SMILES string of the molecule is CN(Cc1ccc(Br)cc1)C(=O)CSc1nnc(C2CC2)n1-c1ccccc1. The molecule has 7 heteroatoms. The normalized spacial score (nSPS) is 13.5. The van der Waals surface area contributed by atoms with E-state index in [9.17, 15) is 4.79 Å². The number of amides is 1. The maximum absolute atomic E-state index is 12.6. The monoisotopic (exact) mass is 456 g/mol. The third-order valence-corrected chi connectivity index (χ3v) is 6.14. The van der Waals surface area contributed by atoms with Crippen molar-refractivity contribution in [3.63, 3.8) is 0 Å². The van der Waals surface area contributed by atoms with Crippen molar-refractivity contribution in [2.24, 2.45) is 0 Å². The summed E-state index contributed by atoms with van der Waals surface area (Å²) in [6.07, 6.45) is 2.31. The molecule has 3 aromatic rings. The van der Waals surface area contributed by atoms with Crippen LogP contribution in [0.3, 0.4) is 0 Å². The number of hydrogen-bond acceptors (Lipinski definition) is 4. The predicted octanol–water partition coefficient (Wildman–Crippen LogP) is 4.66. The molecular formula is C21H21BrN4OS. The first-order chi connectivity index (χ1) is 13.6. The lowest BCUT2D eigenvalue weighted by atomic mass is 10.2. The van der Waals surface area contributed by atoms with Crippen LogP contribution in [0.4, 0.5) is 0 Å². The van der Waals surface area contributed by atoms with Crippen LogP contribution in [0.25, 0.3) is 5.69 Å². The summed E-state index contributed by atoms with van der Waals surface area (Å²) in [6.45, 7) is 0.589. The van der Waals surface area contributed by atoms with Crippen molar-refractivity contribution in [3.05, 3.63) is 70.5 Å². The Balaban J connectivity index is 1.44. The third kappa shape index (κ3) is 4.47. The second-order valence-electron chi connectivity index (χ2n) is 6.95. The van der Waals surface area contributed by atoms with Crippen LogP contribution in [0.2, 0.25) is 0 Å². The molecule has 5 nitrogen and oxygen atoms in total. The first-order valence-corrected chi connectivity index (χ1v) is 11.0. The van der Waals surface area contributed by atoms with Crippen molar-refractivity contribution in [2.75, 3.05) is 12.8 Å². The van der Waals surface area contributed by atoms with Crippen LogP contribution < -0.4 is 0 Å². The van der Waals surface area contributed by atoms with Crippen LogP contribution >= 0.6 is 27.7 Å². The predicted molar refractivity (Wildman–Crippen MR) is 115 cm³/mol. The average molecular weight is 457 g/mol. The van der Waals surface area contributed by atoms with Crippen molar-refractivity contribution in [1.29, 1.82) is 0 Å². The molecule has 4 rings (SSSR count). The molecule has 0 bridgehead atoms. The third-order valence-electron chi connectivity index (χ3n) is 4.70. The molecule has 2 aromatic carbocycles. The second kappa shape index (κ2) is 8.49. The molecular weight excluding hydrogens is 436 g/mol. The topological polar surface area (TPSA) is 51.0 Å². The minimum absolute atomic E-state index is 0.0727. The van der Waals surface area contributed by atoms with Gasteiger partial charge in [-0.1, -0.05) is 58.0 Å². The molecule has 0 N–H and O–H groups in total. The van der Waals surface area contributed by atoms with Crippen molar-refractivity contribution < 1.29 is 4.79 Å². The van der Waals surface area contributed by atoms with Crippen LogP contribution in [0.1, 0.15) is 30.1 Å². The minimum Gasteiger partial charge on any atom is -0.341 e. The van der Waals surface area contributed by atoms with Crippen LogP contribution in [0.15, 0.2) is 64.2 Å². The molecule has 28 heavy (non-hydrogen) atoms. The van der Waals surface area contributed by atoms with E-state index in [1.54, 1.807) is 4.90 Å². The largest absolute Gasteiger partial charge is 0.341 e. The zero-order chi connectivity index (χ0) is 19.5. The average Bonchev–Trinajstić information content (AvgIpc) is 3.47. The zero-order valence-corrected chi connectivity index (χ0v) is 18.0. The molecule has 1 aromatic heterocycles. The number of benzene rings is 2. The van der Waals surface area contributed by atoms with E-state index >= 15 is 0 Å². The summed E-state index contributed by atoms with van der Waals surface area (Å²) in [4.78, 5) is 14.4. The summed E-state index contributed by atoms with van der Waals surface area (Å²) in [6, 6.07) is 18.2. The van der Waals surface area contributed by atoms with E-state index in [0.717, 1.165) is 39.5 Å². The Morgan fingerprint density at radius 2 is 1.86 bits per heavy atom. The summed E-state index contributed by atoms with van der Waals surface area (Å²) >= 11 is 4.88. The Morgan fingerprint density at radius 3 is 2.54 bits per heavy atom. The van der Waals surface area contributed by atoms with Gasteiger partial charge in [-0.2, -0.15) is 0 Å². The lowest BCUT2D eigenvalue weighted by Crippen LogP contribution is -2.27. The fraction of sp³-hybridized carbons (Fsp3) is 0.286. The van der Waals surface area contributed by atoms with Crippen molar-refractivity contribution >= 4 is 33.6 Å². The number of aromatic nitrogens is 3. The summed E-state index contributed by atoms with van der Waals surface area (Å²) in [5.41, 5.74) is 2.15. The highest BCUT2D eigenvalue weighted by molar-refractivity contribution is 9.10. The van der Waals surface area contributed by atoms with E-state index in [1.165, 1.54) is 11.8 Å². The smallest absolute Gasteiger partial charge is 0.233 e. The number of halogens is 1. The van der Waals surface area contributed by atoms with Crippen molar-refractivity contribution in [2.45, 2.75) is 30.5 Å². The van der Waals surface area contributed by atoms with Gasteiger partial charge < -0.3 is 4.90 Å². The molecule has 1 aliphatic carbocycles. The van der Waals surface area contributed by atoms with Crippen LogP contribution in [0.5, 0.6) is 0 Å². The summed E-state index contributed by atoms with van der Waals surface area (Å²) < 4.78 is 3.14. The highest BCUT2D eigenvalue weighted by atomic mass is 79.9. The summed E-state index contributed by atoms with van der Waals surface area (Å²) in [5.74, 6) is 1.90. The van der Waals surface area contributed by atoms with Gasteiger partial charge in [0.25, 0.3) is 0 Å². The van der Waals surface area contributed by atoms with Gasteiger partial charge in [0, 0.05) is 29.7 Å². The number of thioether (sulfide) groups is 1. The van der Waals surface area contributed by atoms with E-state index in [-0.39, 0.29) is 5.91 Å². The molecule has 144 valence electrons. The quantitative estimate of drug-likeness (QED) is 0.485. The second-order valence-corrected chi connectivity index (χ2v) is 8.81. The van der Waals surface area contributed by atoms with Gasteiger partial charge in [0.05, 0.1) is 5.75 Å². The van der Waals surface area contributed by atoms with Crippen LogP contribution in [-0.4, -0.2) is 38.4 Å². The number of para-hydroxylation sites is 1. The lowest BCUT2D eigenvalue weighted by Gasteiger charge is -2.17. The van der Waals surface area contributed by atoms with Gasteiger partial charge in [0.15, 0.2) is 5.16 Å². The fourth-order valence-electron chi connectivity index (χ4n) is 2.99. The molecule has 1 aliphatic rings. The van der Waals surface area contributed by atoms with Gasteiger partial charge in [-0.15, -0.1) is 10.2 Å². The molecule has 0 aliphatic heterocycles. The first kappa shape index (κ1) is 19.2. The molecule has 0 spiro atoms. The molecule has 1 saturated carbocycles. The number of rotatable bonds is 7. The van der Waals surface area contributed by atoms with Gasteiger partial charge >= 0.3 is 0 Å². The van der Waals surface area contributed by atoms with Gasteiger partial charge in [0.1, 0.15) is 5.82 Å². The molecule has 1 heterocycles. The zero-order valence-electron chi connectivity index (χ0n) is 15.6. The molecule has 0 saturated heterocycles. The summed E-state index contributed by atoms with van der Waals surface area (Å²) in [5, 5.41) is 9.57. The van der Waals surface area contributed by atoms with E-state index in [2.05, 4.69) is 42.8 Å². The van der Waals surface area contributed by atoms with E-state index < -0.39 is 0 Å². The molecule has 0 radical (unpaired) electrons. The van der Waals surface area contributed by atoms with Crippen LogP contribution in [-0.2, 0) is 11.3 Å². The highest BCUT2D eigenvalue weighted by Gasteiger charge is 2.31. The Bertz CT molecular complexity index is 954. The van der Waals surface area contributed by atoms with E-state index in [0.29, 0.717) is 18.2 Å². The lowest BCUT2D eigenvalue weighted by molar-refractivity contribution is -0.127. The van der Waals surface area contributed by atoms with Crippen LogP contribution in [0, 0.1) is 0 Å². The molecule has 1 fully saturated rings. The molecule has 1 amide bonds. The number of hydrogen-bond donors (Lipinski definition) is 0. The van der Waals surface area contributed by atoms with Gasteiger partial charge in [-0.05, 0) is 42.7 Å². The Kier molecular flexibility index (Phi) is 5.82. The first-order valence-electron chi connectivity index (χ1n) is 9.24. The Hall–Kier alpha value is -2.12. The Labute approximate surface area is 177 Å². The number of nitrogens with zero attached hydrogens (tertiary/aromatic N) is 4. The highest BCUT2D eigenvalue weighted by Crippen LogP contribution is 2.41.